The maximum atomic E-state index is 12.5. The van der Waals surface area contributed by atoms with Crippen molar-refractivity contribution in [2.24, 2.45) is 0 Å². The standard InChI is InChI=1S/C17H12N2O/c20-17(13-3-1-11-5-7-18-15(11)9-13)14-4-2-12-6-8-19-16(12)10-14/h1-10,18-19H. The SMILES string of the molecule is O=C(c1ccc2cc[nH]c2c1)c1ccc2cc[nH]c2c1. The van der Waals surface area contributed by atoms with E-state index >= 15 is 0 Å². The molecule has 0 spiro atoms. The molecule has 0 aliphatic rings. The monoisotopic (exact) mass is 260 g/mol. The van der Waals surface area contributed by atoms with E-state index in [0.717, 1.165) is 21.8 Å². The van der Waals surface area contributed by atoms with Crippen LogP contribution in [0, 0.1) is 0 Å². The number of rotatable bonds is 2. The third-order valence-electron chi connectivity index (χ3n) is 3.63. The summed E-state index contributed by atoms with van der Waals surface area (Å²) in [5, 5.41) is 2.22. The fourth-order valence-corrected chi connectivity index (χ4v) is 2.54. The number of carbonyl (C=O) groups is 1. The van der Waals surface area contributed by atoms with Crippen molar-refractivity contribution < 1.29 is 4.79 Å². The summed E-state index contributed by atoms with van der Waals surface area (Å²) in [6.07, 6.45) is 3.76. The first-order valence-corrected chi connectivity index (χ1v) is 6.50. The van der Waals surface area contributed by atoms with Gasteiger partial charge < -0.3 is 9.97 Å². The Labute approximate surface area is 115 Å². The number of H-pyrrole nitrogens is 2. The van der Waals surface area contributed by atoms with E-state index in [9.17, 15) is 4.79 Å². The first-order chi connectivity index (χ1) is 9.81. The third kappa shape index (κ3) is 1.64. The van der Waals surface area contributed by atoms with Crippen LogP contribution in [0.4, 0.5) is 0 Å². The molecule has 0 amide bonds. The number of carbonyl (C=O) groups excluding carboxylic acids is 1. The van der Waals surface area contributed by atoms with Crippen molar-refractivity contribution in [3.05, 3.63) is 72.1 Å². The molecule has 2 aromatic heterocycles. The van der Waals surface area contributed by atoms with E-state index < -0.39 is 0 Å². The van der Waals surface area contributed by atoms with Gasteiger partial charge in [0.1, 0.15) is 0 Å². The summed E-state index contributed by atoms with van der Waals surface area (Å²) >= 11 is 0. The molecular weight excluding hydrogens is 248 g/mol. The van der Waals surface area contributed by atoms with Gasteiger partial charge in [0.25, 0.3) is 0 Å². The van der Waals surface area contributed by atoms with Gasteiger partial charge in [-0.3, -0.25) is 4.79 Å². The summed E-state index contributed by atoms with van der Waals surface area (Å²) in [6, 6.07) is 15.5. The Hall–Kier alpha value is -2.81. The van der Waals surface area contributed by atoms with Crippen LogP contribution in [0.25, 0.3) is 21.8 Å². The van der Waals surface area contributed by atoms with Gasteiger partial charge >= 0.3 is 0 Å². The van der Waals surface area contributed by atoms with Gasteiger partial charge in [-0.05, 0) is 35.0 Å². The topological polar surface area (TPSA) is 48.6 Å². The van der Waals surface area contributed by atoms with E-state index in [1.54, 1.807) is 0 Å². The van der Waals surface area contributed by atoms with Crippen molar-refractivity contribution in [1.29, 1.82) is 0 Å². The van der Waals surface area contributed by atoms with Crippen molar-refractivity contribution in [1.82, 2.24) is 9.97 Å². The number of hydrogen-bond donors (Lipinski definition) is 2. The molecule has 0 saturated heterocycles. The fraction of sp³-hybridized carbons (Fsp3) is 0. The maximum Gasteiger partial charge on any atom is 0.193 e. The lowest BCUT2D eigenvalue weighted by atomic mass is 10.0. The van der Waals surface area contributed by atoms with Gasteiger partial charge in [0.05, 0.1) is 0 Å². The Bertz CT molecular complexity index is 854. The predicted octanol–water partition coefficient (Wildman–Crippen LogP) is 3.88. The first kappa shape index (κ1) is 11.1. The minimum atomic E-state index is 0.0398. The van der Waals surface area contributed by atoms with Crippen molar-refractivity contribution in [3.8, 4) is 0 Å². The second-order valence-electron chi connectivity index (χ2n) is 4.89. The van der Waals surface area contributed by atoms with Crippen LogP contribution >= 0.6 is 0 Å². The normalized spacial score (nSPS) is 11.2. The molecule has 96 valence electrons. The number of fused-ring (bicyclic) bond motifs is 2. The Kier molecular flexibility index (Phi) is 2.27. The fourth-order valence-electron chi connectivity index (χ4n) is 2.54. The lowest BCUT2D eigenvalue weighted by molar-refractivity contribution is 0.103. The highest BCUT2D eigenvalue weighted by Crippen LogP contribution is 2.20. The number of nitrogens with one attached hydrogen (secondary N) is 2. The van der Waals surface area contributed by atoms with Crippen LogP contribution in [0.15, 0.2) is 60.9 Å². The lowest BCUT2D eigenvalue weighted by Crippen LogP contribution is -2.00. The molecule has 0 saturated carbocycles. The predicted molar refractivity (Wildman–Crippen MR) is 80.0 cm³/mol. The summed E-state index contributed by atoms with van der Waals surface area (Å²) in [7, 11) is 0. The van der Waals surface area contributed by atoms with Gasteiger partial charge in [-0.15, -0.1) is 0 Å². The molecule has 0 bridgehead atoms. The molecule has 20 heavy (non-hydrogen) atoms. The molecule has 4 rings (SSSR count). The van der Waals surface area contributed by atoms with Crippen molar-refractivity contribution in [3.63, 3.8) is 0 Å². The third-order valence-corrected chi connectivity index (χ3v) is 3.63. The van der Waals surface area contributed by atoms with Crippen LogP contribution in [0.2, 0.25) is 0 Å². The van der Waals surface area contributed by atoms with Gasteiger partial charge in [-0.25, -0.2) is 0 Å². The number of aromatic nitrogens is 2. The summed E-state index contributed by atoms with van der Waals surface area (Å²) in [6.45, 7) is 0. The highest BCUT2D eigenvalue weighted by molar-refractivity contribution is 6.11. The van der Waals surface area contributed by atoms with E-state index in [1.165, 1.54) is 0 Å². The van der Waals surface area contributed by atoms with Crippen LogP contribution in [0.5, 0.6) is 0 Å². The molecule has 2 N–H and O–H groups in total. The lowest BCUT2D eigenvalue weighted by Gasteiger charge is -2.02. The Morgan fingerprint density at radius 3 is 1.70 bits per heavy atom. The molecule has 3 nitrogen and oxygen atoms in total. The molecule has 0 aliphatic heterocycles. The smallest absolute Gasteiger partial charge is 0.193 e. The maximum absolute atomic E-state index is 12.5. The average molecular weight is 260 g/mol. The summed E-state index contributed by atoms with van der Waals surface area (Å²) < 4.78 is 0. The van der Waals surface area contributed by atoms with Crippen molar-refractivity contribution in [2.75, 3.05) is 0 Å². The van der Waals surface area contributed by atoms with Gasteiger partial charge in [0.2, 0.25) is 0 Å². The molecule has 2 aromatic carbocycles. The highest BCUT2D eigenvalue weighted by Gasteiger charge is 2.10. The van der Waals surface area contributed by atoms with Crippen LogP contribution in [0.3, 0.4) is 0 Å². The van der Waals surface area contributed by atoms with Crippen LogP contribution in [-0.4, -0.2) is 15.8 Å². The second kappa shape index (κ2) is 4.10. The second-order valence-corrected chi connectivity index (χ2v) is 4.89. The van der Waals surface area contributed by atoms with Crippen LogP contribution in [-0.2, 0) is 0 Å². The van der Waals surface area contributed by atoms with Crippen LogP contribution < -0.4 is 0 Å². The van der Waals surface area contributed by atoms with E-state index in [1.807, 2.05) is 60.9 Å². The van der Waals surface area contributed by atoms with Crippen LogP contribution in [0.1, 0.15) is 15.9 Å². The zero-order valence-electron chi connectivity index (χ0n) is 10.7. The summed E-state index contributed by atoms with van der Waals surface area (Å²) in [5.74, 6) is 0.0398. The number of benzene rings is 2. The number of ketones is 1. The molecular formula is C17H12N2O. The van der Waals surface area contributed by atoms with Gasteiger partial charge in [-0.2, -0.15) is 0 Å². The van der Waals surface area contributed by atoms with Gasteiger partial charge in [-0.1, -0.05) is 24.3 Å². The Morgan fingerprint density at radius 1 is 0.700 bits per heavy atom. The Morgan fingerprint density at radius 2 is 1.20 bits per heavy atom. The molecule has 0 radical (unpaired) electrons. The molecule has 0 atom stereocenters. The Balaban J connectivity index is 1.81. The van der Waals surface area contributed by atoms with Gasteiger partial charge in [0.15, 0.2) is 5.78 Å². The van der Waals surface area contributed by atoms with E-state index in [0.29, 0.717) is 11.1 Å². The van der Waals surface area contributed by atoms with E-state index in [-0.39, 0.29) is 5.78 Å². The molecule has 0 fully saturated rings. The first-order valence-electron chi connectivity index (χ1n) is 6.50. The zero-order valence-corrected chi connectivity index (χ0v) is 10.7. The van der Waals surface area contributed by atoms with Crippen molar-refractivity contribution in [2.45, 2.75) is 0 Å². The minimum Gasteiger partial charge on any atom is -0.361 e. The quantitative estimate of drug-likeness (QED) is 0.528. The molecule has 0 aliphatic carbocycles. The highest BCUT2D eigenvalue weighted by atomic mass is 16.1. The number of hydrogen-bond acceptors (Lipinski definition) is 1. The molecule has 3 heteroatoms. The minimum absolute atomic E-state index is 0.0398. The van der Waals surface area contributed by atoms with Crippen molar-refractivity contribution >= 4 is 27.6 Å². The molecule has 2 heterocycles. The molecule has 4 aromatic rings. The average Bonchev–Trinajstić information content (AvgIpc) is 3.13. The zero-order chi connectivity index (χ0) is 13.5. The largest absolute Gasteiger partial charge is 0.361 e. The number of aromatic amines is 2. The summed E-state index contributed by atoms with van der Waals surface area (Å²) in [5.41, 5.74) is 3.37. The van der Waals surface area contributed by atoms with E-state index in [4.69, 9.17) is 0 Å². The summed E-state index contributed by atoms with van der Waals surface area (Å²) in [4.78, 5) is 18.8. The molecule has 0 unspecified atom stereocenters. The van der Waals surface area contributed by atoms with E-state index in [2.05, 4.69) is 9.97 Å². The van der Waals surface area contributed by atoms with Gasteiger partial charge in [0, 0.05) is 34.6 Å².